The van der Waals surface area contributed by atoms with Crippen molar-refractivity contribution in [2.24, 2.45) is 5.84 Å². The van der Waals surface area contributed by atoms with Gasteiger partial charge in [-0.15, -0.1) is 0 Å². The number of piperazine rings is 1. The molecular weight excluding hydrogens is 344 g/mol. The average molecular weight is 363 g/mol. The Labute approximate surface area is 138 Å². The van der Waals surface area contributed by atoms with Gasteiger partial charge in [0.2, 0.25) is 5.95 Å². The van der Waals surface area contributed by atoms with E-state index in [9.17, 15) is 0 Å². The van der Waals surface area contributed by atoms with Gasteiger partial charge in [-0.25, -0.2) is 10.8 Å². The fourth-order valence-electron chi connectivity index (χ4n) is 2.59. The summed E-state index contributed by atoms with van der Waals surface area (Å²) in [6, 6.07) is 10.5. The monoisotopic (exact) mass is 362 g/mol. The lowest BCUT2D eigenvalue weighted by molar-refractivity contribution is 0.639. The number of hydrazine groups is 1. The zero-order valence-electron chi connectivity index (χ0n) is 12.5. The highest BCUT2D eigenvalue weighted by atomic mass is 79.9. The van der Waals surface area contributed by atoms with Crippen LogP contribution in [0.15, 0.2) is 34.8 Å². The van der Waals surface area contributed by atoms with Crippen LogP contribution in [0.4, 0.5) is 17.5 Å². The first-order valence-corrected chi connectivity index (χ1v) is 8.04. The predicted octanol–water partition coefficient (Wildman–Crippen LogP) is 2.16. The van der Waals surface area contributed by atoms with E-state index in [0.717, 1.165) is 42.3 Å². The van der Waals surface area contributed by atoms with Crippen LogP contribution in [0, 0.1) is 6.92 Å². The first kappa shape index (κ1) is 15.1. The second-order valence-corrected chi connectivity index (χ2v) is 6.02. The van der Waals surface area contributed by atoms with Crippen LogP contribution in [-0.2, 0) is 0 Å². The van der Waals surface area contributed by atoms with Crippen molar-refractivity contribution in [2.75, 3.05) is 41.4 Å². The maximum atomic E-state index is 5.52. The molecule has 0 atom stereocenters. The van der Waals surface area contributed by atoms with Crippen molar-refractivity contribution >= 4 is 33.4 Å². The summed E-state index contributed by atoms with van der Waals surface area (Å²) in [4.78, 5) is 13.6. The Hall–Kier alpha value is -1.86. The number of benzene rings is 1. The number of nitrogens with one attached hydrogen (secondary N) is 1. The normalized spacial score (nSPS) is 15.0. The molecule has 116 valence electrons. The zero-order valence-corrected chi connectivity index (χ0v) is 14.0. The Morgan fingerprint density at radius 2 is 1.68 bits per heavy atom. The molecule has 0 unspecified atom stereocenters. The minimum atomic E-state index is 0.619. The number of aryl methyl sites for hydroxylation is 1. The summed E-state index contributed by atoms with van der Waals surface area (Å²) in [7, 11) is 0. The third-order valence-electron chi connectivity index (χ3n) is 3.83. The highest BCUT2D eigenvalue weighted by Crippen LogP contribution is 2.26. The Morgan fingerprint density at radius 1 is 1.05 bits per heavy atom. The van der Waals surface area contributed by atoms with Gasteiger partial charge in [-0.2, -0.15) is 4.98 Å². The molecule has 22 heavy (non-hydrogen) atoms. The average Bonchev–Trinajstić information content (AvgIpc) is 2.58. The first-order chi connectivity index (χ1) is 10.7. The maximum Gasteiger partial charge on any atom is 0.227 e. The first-order valence-electron chi connectivity index (χ1n) is 7.24. The van der Waals surface area contributed by atoms with Crippen molar-refractivity contribution in [3.63, 3.8) is 0 Å². The Bertz CT molecular complexity index is 640. The van der Waals surface area contributed by atoms with Gasteiger partial charge in [-0.05, 0) is 35.0 Å². The van der Waals surface area contributed by atoms with Gasteiger partial charge in [-0.3, -0.25) is 0 Å². The molecule has 1 aromatic heterocycles. The minimum Gasteiger partial charge on any atom is -0.368 e. The molecule has 0 radical (unpaired) electrons. The van der Waals surface area contributed by atoms with E-state index in [1.807, 2.05) is 13.0 Å². The summed E-state index contributed by atoms with van der Waals surface area (Å²) < 4.78 is 0.807. The lowest BCUT2D eigenvalue weighted by atomic mass is 10.2. The smallest absolute Gasteiger partial charge is 0.227 e. The number of hydrogen-bond acceptors (Lipinski definition) is 6. The van der Waals surface area contributed by atoms with Crippen molar-refractivity contribution < 1.29 is 0 Å². The molecule has 1 fully saturated rings. The molecule has 1 saturated heterocycles. The third kappa shape index (κ3) is 3.00. The summed E-state index contributed by atoms with van der Waals surface area (Å²) in [5.74, 6) is 6.86. The van der Waals surface area contributed by atoms with Crippen LogP contribution in [0.3, 0.4) is 0 Å². The van der Waals surface area contributed by atoms with E-state index >= 15 is 0 Å². The minimum absolute atomic E-state index is 0.619. The highest BCUT2D eigenvalue weighted by molar-refractivity contribution is 9.10. The molecule has 7 heteroatoms. The van der Waals surface area contributed by atoms with E-state index in [1.54, 1.807) is 0 Å². The number of rotatable bonds is 3. The topological polar surface area (TPSA) is 70.3 Å². The van der Waals surface area contributed by atoms with E-state index in [2.05, 4.69) is 65.4 Å². The van der Waals surface area contributed by atoms with Crippen LogP contribution in [0.5, 0.6) is 0 Å². The summed E-state index contributed by atoms with van der Waals surface area (Å²) in [6.45, 7) is 5.62. The van der Waals surface area contributed by atoms with Crippen LogP contribution >= 0.6 is 15.9 Å². The van der Waals surface area contributed by atoms with Gasteiger partial charge in [0.25, 0.3) is 0 Å². The molecule has 3 N–H and O–H groups in total. The van der Waals surface area contributed by atoms with E-state index in [1.165, 1.54) is 5.69 Å². The number of nitrogen functional groups attached to an aromatic ring is 1. The molecule has 0 saturated carbocycles. The van der Waals surface area contributed by atoms with Gasteiger partial charge in [-0.1, -0.05) is 18.2 Å². The van der Waals surface area contributed by atoms with E-state index in [-0.39, 0.29) is 0 Å². The molecule has 1 aromatic carbocycles. The molecule has 2 heterocycles. The number of hydrogen-bond donors (Lipinski definition) is 2. The molecule has 1 aliphatic heterocycles. The number of para-hydroxylation sites is 1. The van der Waals surface area contributed by atoms with Crippen molar-refractivity contribution in [3.8, 4) is 0 Å². The number of nitrogens with zero attached hydrogens (tertiary/aromatic N) is 4. The quantitative estimate of drug-likeness (QED) is 0.643. The second kappa shape index (κ2) is 6.50. The van der Waals surface area contributed by atoms with Gasteiger partial charge in [0.1, 0.15) is 0 Å². The van der Waals surface area contributed by atoms with E-state index < -0.39 is 0 Å². The standard InChI is InChI=1S/C15H19BrN6/c1-11-13(16)14(20-17)19-15(18-11)22-9-7-21(8-10-22)12-5-3-2-4-6-12/h2-6H,7-10,17H2,1H3,(H,18,19,20). The summed E-state index contributed by atoms with van der Waals surface area (Å²) in [6.07, 6.45) is 0. The Morgan fingerprint density at radius 3 is 2.32 bits per heavy atom. The summed E-state index contributed by atoms with van der Waals surface area (Å²) in [5, 5.41) is 0. The zero-order chi connectivity index (χ0) is 15.5. The third-order valence-corrected chi connectivity index (χ3v) is 4.78. The van der Waals surface area contributed by atoms with Gasteiger partial charge < -0.3 is 15.2 Å². The van der Waals surface area contributed by atoms with E-state index in [4.69, 9.17) is 5.84 Å². The molecule has 2 aromatic rings. The van der Waals surface area contributed by atoms with Crippen LogP contribution in [0.2, 0.25) is 0 Å². The van der Waals surface area contributed by atoms with Crippen molar-refractivity contribution in [1.29, 1.82) is 0 Å². The van der Waals surface area contributed by atoms with Crippen molar-refractivity contribution in [3.05, 3.63) is 40.5 Å². The van der Waals surface area contributed by atoms with Gasteiger partial charge >= 0.3 is 0 Å². The lowest BCUT2D eigenvalue weighted by Crippen LogP contribution is -2.47. The summed E-state index contributed by atoms with van der Waals surface area (Å²) in [5.41, 5.74) is 4.76. The molecule has 0 bridgehead atoms. The SMILES string of the molecule is Cc1nc(N2CCN(c3ccccc3)CC2)nc(NN)c1Br. The molecule has 6 nitrogen and oxygen atoms in total. The Balaban J connectivity index is 1.73. The predicted molar refractivity (Wildman–Crippen MR) is 93.1 cm³/mol. The van der Waals surface area contributed by atoms with Gasteiger partial charge in [0.15, 0.2) is 5.82 Å². The second-order valence-electron chi connectivity index (χ2n) is 5.23. The molecule has 0 amide bonds. The lowest BCUT2D eigenvalue weighted by Gasteiger charge is -2.36. The molecule has 3 rings (SSSR count). The van der Waals surface area contributed by atoms with E-state index in [0.29, 0.717) is 5.82 Å². The molecular formula is C15H19BrN6. The number of aromatic nitrogens is 2. The fourth-order valence-corrected chi connectivity index (χ4v) is 2.88. The van der Waals surface area contributed by atoms with Gasteiger partial charge in [0.05, 0.1) is 10.2 Å². The molecule has 1 aliphatic rings. The fraction of sp³-hybridized carbons (Fsp3) is 0.333. The molecule has 0 aliphatic carbocycles. The number of halogens is 1. The largest absolute Gasteiger partial charge is 0.368 e. The number of nitrogens with two attached hydrogens (primary N) is 1. The van der Waals surface area contributed by atoms with Crippen LogP contribution < -0.4 is 21.1 Å². The van der Waals surface area contributed by atoms with Gasteiger partial charge in [0, 0.05) is 31.9 Å². The Kier molecular flexibility index (Phi) is 4.44. The maximum absolute atomic E-state index is 5.52. The van der Waals surface area contributed by atoms with Crippen LogP contribution in [0.25, 0.3) is 0 Å². The van der Waals surface area contributed by atoms with Crippen LogP contribution in [0.1, 0.15) is 5.69 Å². The summed E-state index contributed by atoms with van der Waals surface area (Å²) >= 11 is 3.44. The van der Waals surface area contributed by atoms with Crippen molar-refractivity contribution in [2.45, 2.75) is 6.92 Å². The molecule has 0 spiro atoms. The van der Waals surface area contributed by atoms with Crippen LogP contribution in [-0.4, -0.2) is 36.1 Å². The highest BCUT2D eigenvalue weighted by Gasteiger charge is 2.20. The van der Waals surface area contributed by atoms with Crippen molar-refractivity contribution in [1.82, 2.24) is 9.97 Å². The number of anilines is 3.